The number of aromatic amines is 1. The number of hydrogen-bond donors (Lipinski definition) is 15. The van der Waals surface area contributed by atoms with Crippen LogP contribution in [0.15, 0.2) is 124 Å². The van der Waals surface area contributed by atoms with Crippen LogP contribution in [0, 0.1) is 11.8 Å². The van der Waals surface area contributed by atoms with Crippen LogP contribution in [-0.2, 0) is 84.6 Å². The Morgan fingerprint density at radius 2 is 1.30 bits per heavy atom. The summed E-state index contributed by atoms with van der Waals surface area (Å²) in [5, 5.41) is 56.7. The number of primary amides is 1. The second-order valence-corrected chi connectivity index (χ2v) is 32.1. The molecule has 3 aliphatic rings. The highest BCUT2D eigenvalue weighted by Crippen LogP contribution is 2.32. The zero-order valence-corrected chi connectivity index (χ0v) is 68.7. The third kappa shape index (κ3) is 31.3. The lowest BCUT2D eigenvalue weighted by molar-refractivity contribution is -0.143. The largest absolute Gasteiger partial charge is 0.391 e. The highest BCUT2D eigenvalue weighted by atomic mass is 33.1. The Bertz CT molecular complexity index is 3900. The number of nitrogens with zero attached hydrogens (tertiary/aromatic N) is 6. The number of unbranched alkanes of at least 4 members (excludes halogenated alkanes) is 2. The van der Waals surface area contributed by atoms with Crippen molar-refractivity contribution in [2.75, 3.05) is 57.6 Å². The third-order valence-electron chi connectivity index (χ3n) is 19.9. The second-order valence-electron chi connectivity index (χ2n) is 29.5. The second kappa shape index (κ2) is 49.7. The summed E-state index contributed by atoms with van der Waals surface area (Å²) in [6.45, 7) is 11.4. The van der Waals surface area contributed by atoms with Crippen LogP contribution < -0.4 is 70.0 Å². The number of likely N-dealkylation sites (tertiary alicyclic amines) is 1. The van der Waals surface area contributed by atoms with Gasteiger partial charge in [0.1, 0.15) is 67.0 Å². The van der Waals surface area contributed by atoms with Gasteiger partial charge in [-0.05, 0) is 117 Å². The zero-order chi connectivity index (χ0) is 84.8. The number of carbonyl (C=O) groups excluding carboxylic acids is 13. The number of benzene rings is 3. The minimum Gasteiger partial charge on any atom is -0.391 e. The molecule has 3 aromatic carbocycles. The van der Waals surface area contributed by atoms with Crippen LogP contribution in [0.25, 0.3) is 0 Å². The number of nitrogens with two attached hydrogens (primary N) is 2. The van der Waals surface area contributed by atoms with Gasteiger partial charge in [0.05, 0.1) is 25.6 Å². The molecule has 638 valence electrons. The summed E-state index contributed by atoms with van der Waals surface area (Å²) in [5.41, 5.74) is 13.9. The molecule has 13 atom stereocenters. The van der Waals surface area contributed by atoms with Crippen molar-refractivity contribution >= 4 is 98.4 Å². The van der Waals surface area contributed by atoms with Gasteiger partial charge in [0.15, 0.2) is 6.17 Å². The lowest BCUT2D eigenvalue weighted by Gasteiger charge is -2.35. The van der Waals surface area contributed by atoms with E-state index in [-0.39, 0.29) is 120 Å². The molecular weight excluding hydrogens is 1550 g/mol. The van der Waals surface area contributed by atoms with Crippen molar-refractivity contribution in [3.8, 4) is 0 Å². The van der Waals surface area contributed by atoms with E-state index in [1.165, 1.54) is 24.3 Å². The first-order valence-electron chi connectivity index (χ1n) is 39.8. The van der Waals surface area contributed by atoms with E-state index in [2.05, 4.69) is 89.1 Å². The summed E-state index contributed by atoms with van der Waals surface area (Å²) >= 11 is 0. The van der Waals surface area contributed by atoms with Gasteiger partial charge in [-0.2, -0.15) is 0 Å². The van der Waals surface area contributed by atoms with Gasteiger partial charge in [-0.15, -0.1) is 10.2 Å². The van der Waals surface area contributed by atoms with E-state index in [1.54, 1.807) is 107 Å². The SMILES string of the molecule is CCOCCOCC(=O)NCCCC[C@@H]1NC(=O)[C@H]([C@@H](C)CC)NC(=O)[C@@H](NC(=O)[C@@H]2CCCN2C(=O)[C@@H](NC(=O)[C@H](Cc2cnc[nH]2)NC(=O)[C@@H](NC(=O)[C@H](CC2N=NN=N2)NC(=O)CC(C)C)[C@@H](C)O)C(c2ccccc2)c2ccccc2)CSSC[C@@H](C(N)=O)NC(=O)[C@@H](CCCCN)NC(=O)C[C@H](Cc2ccccc2)NC1=O. The molecule has 4 heterocycles. The van der Waals surface area contributed by atoms with Crippen LogP contribution in [0.2, 0.25) is 0 Å². The molecule has 13 amide bonds. The molecule has 0 unspecified atom stereocenters. The summed E-state index contributed by atoms with van der Waals surface area (Å²) in [4.78, 5) is 198. The van der Waals surface area contributed by atoms with Crippen LogP contribution in [0.4, 0.5) is 0 Å². The zero-order valence-electron chi connectivity index (χ0n) is 67.0. The summed E-state index contributed by atoms with van der Waals surface area (Å²) < 4.78 is 10.7. The maximum absolute atomic E-state index is 16.2. The molecule has 3 aliphatic heterocycles. The minimum atomic E-state index is -1.76. The van der Waals surface area contributed by atoms with Crippen molar-refractivity contribution in [1.82, 2.24) is 73.4 Å². The lowest BCUT2D eigenvalue weighted by Crippen LogP contribution is -2.62. The Morgan fingerprint density at radius 3 is 1.92 bits per heavy atom. The third-order valence-corrected chi connectivity index (χ3v) is 22.3. The lowest BCUT2D eigenvalue weighted by atomic mass is 9.84. The van der Waals surface area contributed by atoms with Crippen molar-refractivity contribution in [2.24, 2.45) is 44.0 Å². The van der Waals surface area contributed by atoms with E-state index in [0.717, 1.165) is 27.2 Å². The summed E-state index contributed by atoms with van der Waals surface area (Å²) in [6.07, 6.45) is 1.63. The number of rotatable bonds is 40. The Labute approximate surface area is 688 Å². The monoisotopic (exact) mass is 1660 g/mol. The fourth-order valence-corrected chi connectivity index (χ4v) is 15.8. The van der Waals surface area contributed by atoms with E-state index in [4.69, 9.17) is 20.9 Å². The predicted molar refractivity (Wildman–Crippen MR) is 436 cm³/mol. The average molecular weight is 1660 g/mol. The van der Waals surface area contributed by atoms with Crippen LogP contribution in [0.3, 0.4) is 0 Å². The normalized spacial score (nSPS) is 20.8. The quantitative estimate of drug-likeness (QED) is 0.0222. The number of aliphatic hydroxyl groups excluding tert-OH is 1. The van der Waals surface area contributed by atoms with Gasteiger partial charge in [0.25, 0.3) is 0 Å². The van der Waals surface area contributed by atoms with Crippen molar-refractivity contribution in [2.45, 2.75) is 216 Å². The molecule has 0 saturated carbocycles. The molecule has 2 fully saturated rings. The van der Waals surface area contributed by atoms with Crippen molar-refractivity contribution < 1.29 is 76.9 Å². The van der Waals surface area contributed by atoms with Crippen molar-refractivity contribution in [1.29, 1.82) is 0 Å². The molecule has 117 heavy (non-hydrogen) atoms. The molecular formula is C79H114N20O16S2. The molecule has 0 bridgehead atoms. The molecule has 7 rings (SSSR count). The van der Waals surface area contributed by atoms with Gasteiger partial charge in [-0.1, -0.05) is 147 Å². The number of H-pyrrole nitrogens is 1. The van der Waals surface area contributed by atoms with Crippen molar-refractivity contribution in [3.05, 3.63) is 126 Å². The predicted octanol–water partition coefficient (Wildman–Crippen LogP) is 1.63. The van der Waals surface area contributed by atoms with Gasteiger partial charge >= 0.3 is 0 Å². The molecule has 4 aromatic rings. The van der Waals surface area contributed by atoms with Crippen LogP contribution in [0.5, 0.6) is 0 Å². The molecule has 36 nitrogen and oxygen atoms in total. The molecule has 1 aromatic heterocycles. The molecule has 0 spiro atoms. The van der Waals surface area contributed by atoms with Crippen LogP contribution >= 0.6 is 21.6 Å². The first kappa shape index (κ1) is 93.9. The highest BCUT2D eigenvalue weighted by Gasteiger charge is 2.45. The molecule has 0 aliphatic carbocycles. The van der Waals surface area contributed by atoms with E-state index in [0.29, 0.717) is 55.7 Å². The van der Waals surface area contributed by atoms with Gasteiger partial charge in [0.2, 0.25) is 76.8 Å². The Kier molecular flexibility index (Phi) is 39.9. The topological polar surface area (TPSA) is 526 Å². The van der Waals surface area contributed by atoms with Gasteiger partial charge < -0.3 is 94.4 Å². The first-order valence-corrected chi connectivity index (χ1v) is 42.3. The van der Waals surface area contributed by atoms with Gasteiger partial charge in [0, 0.05) is 80.7 Å². The van der Waals surface area contributed by atoms with E-state index < -0.39 is 161 Å². The first-order chi connectivity index (χ1) is 56.3. The Hall–Kier alpha value is -10.3. The van der Waals surface area contributed by atoms with E-state index in [9.17, 15) is 43.5 Å². The Balaban J connectivity index is 1.22. The van der Waals surface area contributed by atoms with Crippen LogP contribution in [0.1, 0.15) is 147 Å². The van der Waals surface area contributed by atoms with Gasteiger partial charge in [-0.3, -0.25) is 62.3 Å². The minimum absolute atomic E-state index is 0.00156. The number of amides is 13. The number of aromatic nitrogens is 2. The number of nitrogens with one attached hydrogen (secondary N) is 12. The summed E-state index contributed by atoms with van der Waals surface area (Å²) in [6, 6.07) is 11.2. The fraction of sp³-hybridized carbons (Fsp3) is 0.570. The summed E-state index contributed by atoms with van der Waals surface area (Å²) in [5.74, 6) is -12.2. The number of ether oxygens (including phenoxy) is 2. The number of aliphatic hydroxyl groups is 1. The fourth-order valence-electron chi connectivity index (χ4n) is 13.4. The number of carbonyl (C=O) groups is 13. The smallest absolute Gasteiger partial charge is 0.246 e. The molecule has 38 heteroatoms. The van der Waals surface area contributed by atoms with Crippen LogP contribution in [-0.4, -0.2) is 233 Å². The highest BCUT2D eigenvalue weighted by molar-refractivity contribution is 8.76. The van der Waals surface area contributed by atoms with Gasteiger partial charge in [-0.25, -0.2) is 4.98 Å². The standard InChI is InChI=1S/C79H114N20O16S2/c1-7-48(5)67-77(111)88-56(30-19-21-33-83-65(103)43-115-36-35-114-8-2)71(105)85-53(38-50-23-12-9-13-24-50)40-64(102)86-55(29-18-20-32-80)72(106)90-59(70(81)104)44-116-117-45-60(75(109)92-67)91-76(110)61-31-22-34-99(61)79(113)69(66(51-25-14-10-15-26-51)52-27-16-11-17-28-52)94-73(107)57(39-54-42-82-46-84-54)89-78(112)68(49(6)100)93-74(108)58(41-62-95-97-98-96-62)87-63(101)37-47(3)4/h9-17,23-28,42,46-49,53,55-62,66-69,100H,7-8,18-22,29-41,43-45,80H2,1-6H3,(H2,81,104)(H,82,84)(H,83,103)(H,85,105)(H,86,102)(H,87,101)(H,88,111)(H,89,112)(H,90,106)(H,91,110)(H,92,109)(H,93,108)(H,94,107)/t48-,49+,53-,55+,56-,57-,58-,59-,60-,61-,67-,68-,69-/m0/s1. The van der Waals surface area contributed by atoms with E-state index >= 15 is 24.0 Å². The Morgan fingerprint density at radius 1 is 0.675 bits per heavy atom. The maximum atomic E-state index is 16.2. The summed E-state index contributed by atoms with van der Waals surface area (Å²) in [7, 11) is 2.02. The van der Waals surface area contributed by atoms with E-state index in [1.807, 2.05) is 19.1 Å². The maximum Gasteiger partial charge on any atom is 0.246 e. The molecule has 0 radical (unpaired) electrons. The molecule has 17 N–H and O–H groups in total. The van der Waals surface area contributed by atoms with Crippen molar-refractivity contribution in [3.63, 3.8) is 0 Å². The number of hydrogen-bond acceptors (Lipinski definition) is 24. The average Bonchev–Trinajstić information content (AvgIpc) is 1.77. The number of imidazole rings is 1. The molecule has 2 saturated heterocycles.